The highest BCUT2D eigenvalue weighted by molar-refractivity contribution is 5.74. The summed E-state index contributed by atoms with van der Waals surface area (Å²) >= 11 is 0. The molecule has 0 spiro atoms. The number of carbonyl (C=O) groups is 1. The molecule has 2 fully saturated rings. The molecule has 0 N–H and O–H groups in total. The summed E-state index contributed by atoms with van der Waals surface area (Å²) in [6.07, 6.45) is 4.68. The number of carbonyl (C=O) groups excluding carboxylic acids is 1. The van der Waals surface area contributed by atoms with Crippen LogP contribution in [0.5, 0.6) is 0 Å². The Kier molecular flexibility index (Phi) is 4.84. The maximum atomic E-state index is 12.2. The quantitative estimate of drug-likeness (QED) is 0.842. The van der Waals surface area contributed by atoms with E-state index in [1.165, 1.54) is 12.8 Å². The van der Waals surface area contributed by atoms with Crippen molar-refractivity contribution in [2.75, 3.05) is 40.3 Å². The number of amides is 2. The first-order valence-corrected chi connectivity index (χ1v) is 8.63. The van der Waals surface area contributed by atoms with Crippen LogP contribution in [-0.2, 0) is 13.6 Å². The van der Waals surface area contributed by atoms with Gasteiger partial charge in [0, 0.05) is 40.2 Å². The lowest BCUT2D eigenvalue weighted by molar-refractivity contribution is 0.153. The van der Waals surface area contributed by atoms with Crippen molar-refractivity contribution < 1.29 is 4.79 Å². The molecule has 1 aromatic heterocycles. The molecule has 0 saturated carbocycles. The van der Waals surface area contributed by atoms with Gasteiger partial charge in [-0.1, -0.05) is 0 Å². The van der Waals surface area contributed by atoms with Crippen molar-refractivity contribution in [1.82, 2.24) is 29.5 Å². The summed E-state index contributed by atoms with van der Waals surface area (Å²) in [6.45, 7) is 4.79. The Morgan fingerprint density at radius 3 is 2.61 bits per heavy atom. The van der Waals surface area contributed by atoms with Crippen LogP contribution in [0.15, 0.2) is 0 Å². The van der Waals surface area contributed by atoms with E-state index in [9.17, 15) is 4.79 Å². The van der Waals surface area contributed by atoms with Gasteiger partial charge in [-0.25, -0.2) is 4.79 Å². The van der Waals surface area contributed by atoms with E-state index in [0.29, 0.717) is 0 Å². The van der Waals surface area contributed by atoms with E-state index >= 15 is 0 Å². The molecule has 23 heavy (non-hydrogen) atoms. The molecule has 2 amide bonds. The molecule has 1 aromatic rings. The van der Waals surface area contributed by atoms with Crippen LogP contribution in [0.25, 0.3) is 0 Å². The summed E-state index contributed by atoms with van der Waals surface area (Å²) in [7, 11) is 5.68. The SMILES string of the molecule is CN(C)C(=O)N1CCCC(c2nnc(CN3CCCC3)n2C)C1. The van der Waals surface area contributed by atoms with Crippen LogP contribution in [0.1, 0.15) is 43.3 Å². The van der Waals surface area contributed by atoms with E-state index in [4.69, 9.17) is 0 Å². The van der Waals surface area contributed by atoms with Gasteiger partial charge in [0.25, 0.3) is 0 Å². The van der Waals surface area contributed by atoms with E-state index in [2.05, 4.69) is 26.7 Å². The van der Waals surface area contributed by atoms with Gasteiger partial charge in [-0.05, 0) is 38.8 Å². The summed E-state index contributed by atoms with van der Waals surface area (Å²) < 4.78 is 2.15. The number of nitrogens with zero attached hydrogens (tertiary/aromatic N) is 6. The molecule has 3 heterocycles. The minimum absolute atomic E-state index is 0.0918. The number of piperidine rings is 1. The number of aromatic nitrogens is 3. The Morgan fingerprint density at radius 2 is 1.91 bits per heavy atom. The van der Waals surface area contributed by atoms with Gasteiger partial charge >= 0.3 is 6.03 Å². The van der Waals surface area contributed by atoms with Crippen molar-refractivity contribution in [2.45, 2.75) is 38.1 Å². The monoisotopic (exact) mass is 320 g/mol. The second-order valence-electron chi connectivity index (χ2n) is 6.98. The Hall–Kier alpha value is -1.63. The molecule has 7 nitrogen and oxygen atoms in total. The van der Waals surface area contributed by atoms with E-state index in [1.54, 1.807) is 4.90 Å². The molecule has 1 unspecified atom stereocenters. The van der Waals surface area contributed by atoms with Gasteiger partial charge in [0.1, 0.15) is 11.6 Å². The fraction of sp³-hybridized carbons (Fsp3) is 0.812. The van der Waals surface area contributed by atoms with Crippen LogP contribution in [0.2, 0.25) is 0 Å². The van der Waals surface area contributed by atoms with Crippen LogP contribution < -0.4 is 0 Å². The lowest BCUT2D eigenvalue weighted by Gasteiger charge is -2.33. The van der Waals surface area contributed by atoms with Gasteiger partial charge in [-0.2, -0.15) is 0 Å². The van der Waals surface area contributed by atoms with Crippen LogP contribution in [0, 0.1) is 0 Å². The summed E-state index contributed by atoms with van der Waals surface area (Å²) in [5, 5.41) is 8.87. The van der Waals surface area contributed by atoms with Gasteiger partial charge < -0.3 is 14.4 Å². The molecule has 7 heteroatoms. The Bertz CT molecular complexity index is 549. The van der Waals surface area contributed by atoms with Crippen molar-refractivity contribution >= 4 is 6.03 Å². The third-order valence-corrected chi connectivity index (χ3v) is 5.00. The maximum absolute atomic E-state index is 12.2. The van der Waals surface area contributed by atoms with Crippen molar-refractivity contribution in [3.05, 3.63) is 11.6 Å². The molecule has 0 radical (unpaired) electrons. The summed E-state index contributed by atoms with van der Waals surface area (Å²) in [5.74, 6) is 2.35. The molecule has 3 rings (SSSR count). The predicted octanol–water partition coefficient (Wildman–Crippen LogP) is 1.27. The third-order valence-electron chi connectivity index (χ3n) is 5.00. The molecule has 0 bridgehead atoms. The summed E-state index contributed by atoms with van der Waals surface area (Å²) in [4.78, 5) is 18.2. The van der Waals surface area contributed by atoms with Gasteiger partial charge in [-0.3, -0.25) is 4.90 Å². The first-order chi connectivity index (χ1) is 11.1. The number of rotatable bonds is 3. The van der Waals surface area contributed by atoms with Crippen LogP contribution in [-0.4, -0.2) is 75.8 Å². The number of likely N-dealkylation sites (tertiary alicyclic amines) is 2. The van der Waals surface area contributed by atoms with Crippen LogP contribution >= 0.6 is 0 Å². The first-order valence-electron chi connectivity index (χ1n) is 8.63. The Labute approximate surface area is 138 Å². The van der Waals surface area contributed by atoms with Crippen LogP contribution in [0.4, 0.5) is 4.79 Å². The summed E-state index contributed by atoms with van der Waals surface area (Å²) in [5.41, 5.74) is 0. The second-order valence-corrected chi connectivity index (χ2v) is 6.98. The summed E-state index contributed by atoms with van der Waals surface area (Å²) in [6, 6.07) is 0.0918. The van der Waals surface area contributed by atoms with E-state index < -0.39 is 0 Å². The van der Waals surface area contributed by atoms with Crippen molar-refractivity contribution in [3.8, 4) is 0 Å². The number of hydrogen-bond acceptors (Lipinski definition) is 4. The zero-order chi connectivity index (χ0) is 16.4. The normalized spacial score (nSPS) is 22.6. The van der Waals surface area contributed by atoms with Crippen molar-refractivity contribution in [2.24, 2.45) is 7.05 Å². The highest BCUT2D eigenvalue weighted by atomic mass is 16.2. The fourth-order valence-electron chi connectivity index (χ4n) is 3.65. The lowest BCUT2D eigenvalue weighted by Crippen LogP contribution is -2.44. The lowest BCUT2D eigenvalue weighted by atomic mass is 9.97. The molecule has 1 atom stereocenters. The number of urea groups is 1. The van der Waals surface area contributed by atoms with E-state index in [1.807, 2.05) is 19.0 Å². The highest BCUT2D eigenvalue weighted by Crippen LogP contribution is 2.26. The average Bonchev–Trinajstić information content (AvgIpc) is 3.18. The smallest absolute Gasteiger partial charge is 0.319 e. The zero-order valence-corrected chi connectivity index (χ0v) is 14.5. The Morgan fingerprint density at radius 1 is 1.17 bits per heavy atom. The average molecular weight is 320 g/mol. The highest BCUT2D eigenvalue weighted by Gasteiger charge is 2.29. The van der Waals surface area contributed by atoms with Crippen molar-refractivity contribution in [1.29, 1.82) is 0 Å². The third kappa shape index (κ3) is 3.49. The molecule has 0 aromatic carbocycles. The standard InChI is InChI=1S/C16H28N6O/c1-19(2)16(23)22-10-6-7-13(11-22)15-18-17-14(20(15)3)12-21-8-4-5-9-21/h13H,4-12H2,1-3H3. The molecular formula is C16H28N6O. The molecule has 128 valence electrons. The van der Waals surface area contributed by atoms with Gasteiger partial charge in [-0.15, -0.1) is 10.2 Å². The Balaban J connectivity index is 1.68. The van der Waals surface area contributed by atoms with Gasteiger partial charge in [0.05, 0.1) is 6.54 Å². The fourth-order valence-corrected chi connectivity index (χ4v) is 3.65. The van der Waals surface area contributed by atoms with Gasteiger partial charge in [0.15, 0.2) is 0 Å². The van der Waals surface area contributed by atoms with Crippen molar-refractivity contribution in [3.63, 3.8) is 0 Å². The molecule has 2 saturated heterocycles. The second kappa shape index (κ2) is 6.86. The van der Waals surface area contributed by atoms with E-state index in [0.717, 1.165) is 57.2 Å². The molecule has 0 aliphatic carbocycles. The topological polar surface area (TPSA) is 57.5 Å². The molecular weight excluding hydrogens is 292 g/mol. The minimum Gasteiger partial charge on any atom is -0.331 e. The largest absolute Gasteiger partial charge is 0.331 e. The van der Waals surface area contributed by atoms with E-state index in [-0.39, 0.29) is 11.9 Å². The maximum Gasteiger partial charge on any atom is 0.319 e. The molecule has 2 aliphatic rings. The first kappa shape index (κ1) is 16.2. The van der Waals surface area contributed by atoms with Crippen LogP contribution in [0.3, 0.4) is 0 Å². The number of hydrogen-bond donors (Lipinski definition) is 0. The minimum atomic E-state index is 0.0918. The zero-order valence-electron chi connectivity index (χ0n) is 14.5. The molecule has 2 aliphatic heterocycles. The predicted molar refractivity (Wildman–Crippen MR) is 88.1 cm³/mol. The van der Waals surface area contributed by atoms with Gasteiger partial charge in [0.2, 0.25) is 0 Å².